The molecule has 162 valence electrons. The SMILES string of the molecule is CC(=O)OCCCCCCCCCCCCCCCCCCOS(=O)(=O)[O-].[Na+]. The summed E-state index contributed by atoms with van der Waals surface area (Å²) in [7, 11) is -4.51. The summed E-state index contributed by atoms with van der Waals surface area (Å²) >= 11 is 0. The van der Waals surface area contributed by atoms with Crippen LogP contribution < -0.4 is 29.6 Å². The van der Waals surface area contributed by atoms with Crippen molar-refractivity contribution >= 4 is 16.4 Å². The minimum absolute atomic E-state index is 0. The van der Waals surface area contributed by atoms with Gasteiger partial charge in [-0.25, -0.2) is 8.42 Å². The summed E-state index contributed by atoms with van der Waals surface area (Å²) in [5, 5.41) is 0. The van der Waals surface area contributed by atoms with Gasteiger partial charge in [-0.15, -0.1) is 0 Å². The Hall–Kier alpha value is 0.340. The van der Waals surface area contributed by atoms with Crippen LogP contribution in [0.5, 0.6) is 0 Å². The predicted octanol–water partition coefficient (Wildman–Crippen LogP) is 2.27. The Bertz CT molecular complexity index is 442. The third kappa shape index (κ3) is 28.5. The van der Waals surface area contributed by atoms with Crippen LogP contribution in [0.25, 0.3) is 0 Å². The molecule has 0 amide bonds. The Labute approximate surface area is 194 Å². The summed E-state index contributed by atoms with van der Waals surface area (Å²) in [5.41, 5.74) is 0. The standard InChI is InChI=1S/C20H40O6S.Na/c1-20(21)25-18-16-14-12-10-8-6-4-2-3-5-7-9-11-13-15-17-19-26-27(22,23)24;/h2-19H2,1H3,(H,22,23,24);/q;+1/p-1. The fraction of sp³-hybridized carbons (Fsp3) is 0.950. The number of ether oxygens (including phenoxy) is 1. The van der Waals surface area contributed by atoms with Crippen molar-refractivity contribution in [3.8, 4) is 0 Å². The van der Waals surface area contributed by atoms with E-state index in [9.17, 15) is 17.8 Å². The number of esters is 1. The monoisotopic (exact) mass is 430 g/mol. The maximum absolute atomic E-state index is 10.6. The van der Waals surface area contributed by atoms with Crippen molar-refractivity contribution in [3.63, 3.8) is 0 Å². The number of carbonyl (C=O) groups is 1. The van der Waals surface area contributed by atoms with Crippen molar-refractivity contribution in [1.29, 1.82) is 0 Å². The van der Waals surface area contributed by atoms with Crippen molar-refractivity contribution in [2.75, 3.05) is 13.2 Å². The van der Waals surface area contributed by atoms with Gasteiger partial charge in [0, 0.05) is 6.92 Å². The zero-order chi connectivity index (χ0) is 20.2. The van der Waals surface area contributed by atoms with Gasteiger partial charge in [0.05, 0.1) is 13.2 Å². The average molecular weight is 431 g/mol. The van der Waals surface area contributed by atoms with Crippen molar-refractivity contribution in [2.24, 2.45) is 0 Å². The van der Waals surface area contributed by atoms with Crippen LogP contribution >= 0.6 is 0 Å². The maximum Gasteiger partial charge on any atom is 1.00 e. The van der Waals surface area contributed by atoms with E-state index in [1.807, 2.05) is 0 Å². The molecule has 8 heteroatoms. The summed E-state index contributed by atoms with van der Waals surface area (Å²) in [6.07, 6.45) is 18.9. The molecule has 6 nitrogen and oxygen atoms in total. The van der Waals surface area contributed by atoms with Crippen LogP contribution in [0.15, 0.2) is 0 Å². The third-order valence-electron chi connectivity index (χ3n) is 4.57. The van der Waals surface area contributed by atoms with Crippen molar-refractivity contribution in [1.82, 2.24) is 0 Å². The Morgan fingerprint density at radius 3 is 1.21 bits per heavy atom. The van der Waals surface area contributed by atoms with Crippen LogP contribution in [0, 0.1) is 0 Å². The van der Waals surface area contributed by atoms with E-state index in [4.69, 9.17) is 4.74 Å². The number of rotatable bonds is 20. The molecule has 0 aromatic carbocycles. The molecule has 0 aliphatic carbocycles. The Morgan fingerprint density at radius 1 is 0.643 bits per heavy atom. The van der Waals surface area contributed by atoms with Gasteiger partial charge in [0.1, 0.15) is 0 Å². The first kappa shape index (κ1) is 30.5. The molecule has 0 saturated carbocycles. The van der Waals surface area contributed by atoms with Gasteiger partial charge in [-0.1, -0.05) is 89.9 Å². The van der Waals surface area contributed by atoms with Gasteiger partial charge in [0.15, 0.2) is 0 Å². The van der Waals surface area contributed by atoms with E-state index in [2.05, 4.69) is 4.18 Å². The second kappa shape index (κ2) is 22.0. The van der Waals surface area contributed by atoms with Crippen molar-refractivity contribution < 1.29 is 56.2 Å². The van der Waals surface area contributed by atoms with Crippen LogP contribution in [0.4, 0.5) is 0 Å². The predicted molar refractivity (Wildman–Crippen MR) is 106 cm³/mol. The van der Waals surface area contributed by atoms with Gasteiger partial charge in [-0.2, -0.15) is 0 Å². The van der Waals surface area contributed by atoms with Crippen LogP contribution in [0.1, 0.15) is 110 Å². The van der Waals surface area contributed by atoms with Crippen LogP contribution in [-0.4, -0.2) is 32.2 Å². The zero-order valence-corrected chi connectivity index (χ0v) is 20.9. The Morgan fingerprint density at radius 2 is 0.929 bits per heavy atom. The molecule has 0 radical (unpaired) electrons. The van der Waals surface area contributed by atoms with Gasteiger partial charge >= 0.3 is 35.5 Å². The van der Waals surface area contributed by atoms with E-state index >= 15 is 0 Å². The zero-order valence-electron chi connectivity index (χ0n) is 18.1. The topological polar surface area (TPSA) is 92.7 Å². The largest absolute Gasteiger partial charge is 1.00 e. The van der Waals surface area contributed by atoms with Crippen molar-refractivity contribution in [2.45, 2.75) is 110 Å². The number of carbonyl (C=O) groups excluding carboxylic acids is 1. The summed E-state index contributed by atoms with van der Waals surface area (Å²) in [6, 6.07) is 0. The second-order valence-electron chi connectivity index (χ2n) is 7.23. The van der Waals surface area contributed by atoms with E-state index in [1.54, 1.807) is 0 Å². The smallest absolute Gasteiger partial charge is 0.726 e. The molecule has 0 atom stereocenters. The number of hydrogen-bond acceptors (Lipinski definition) is 6. The fourth-order valence-electron chi connectivity index (χ4n) is 3.06. The molecule has 0 N–H and O–H groups in total. The molecule has 0 heterocycles. The third-order valence-corrected chi connectivity index (χ3v) is 5.03. The van der Waals surface area contributed by atoms with Crippen molar-refractivity contribution in [3.05, 3.63) is 0 Å². The normalized spacial score (nSPS) is 11.2. The summed E-state index contributed by atoms with van der Waals surface area (Å²) in [6.45, 7) is 2.03. The van der Waals surface area contributed by atoms with Crippen LogP contribution in [0.2, 0.25) is 0 Å². The summed E-state index contributed by atoms with van der Waals surface area (Å²) < 4.78 is 39.8. The summed E-state index contributed by atoms with van der Waals surface area (Å²) in [4.78, 5) is 10.6. The van der Waals surface area contributed by atoms with Crippen LogP contribution in [0.3, 0.4) is 0 Å². The van der Waals surface area contributed by atoms with E-state index in [0.717, 1.165) is 25.7 Å². The maximum atomic E-state index is 10.6. The first-order valence-electron chi connectivity index (χ1n) is 10.7. The molecular weight excluding hydrogens is 391 g/mol. The molecule has 0 aromatic heterocycles. The average Bonchev–Trinajstić information content (AvgIpc) is 2.58. The molecule has 0 unspecified atom stereocenters. The molecule has 0 aliphatic heterocycles. The second-order valence-corrected chi connectivity index (χ2v) is 8.28. The molecule has 0 saturated heterocycles. The Balaban J connectivity index is 0. The molecule has 0 fully saturated rings. The van der Waals surface area contributed by atoms with E-state index < -0.39 is 10.4 Å². The minimum atomic E-state index is -4.51. The van der Waals surface area contributed by atoms with Gasteiger partial charge in [-0.05, 0) is 12.8 Å². The number of hydrogen-bond donors (Lipinski definition) is 0. The van der Waals surface area contributed by atoms with Gasteiger partial charge < -0.3 is 9.29 Å². The van der Waals surface area contributed by atoms with Gasteiger partial charge in [0.2, 0.25) is 10.4 Å². The molecule has 0 aromatic rings. The van der Waals surface area contributed by atoms with Gasteiger partial charge in [0.25, 0.3) is 0 Å². The first-order chi connectivity index (χ1) is 12.9. The molecular formula is C20H39NaO6S. The minimum Gasteiger partial charge on any atom is -0.726 e. The van der Waals surface area contributed by atoms with Crippen LogP contribution in [-0.2, 0) is 24.1 Å². The molecule has 0 aliphatic rings. The fourth-order valence-corrected chi connectivity index (χ4v) is 3.38. The van der Waals surface area contributed by atoms with E-state index in [1.165, 1.54) is 77.6 Å². The summed E-state index contributed by atoms with van der Waals surface area (Å²) in [5.74, 6) is -0.183. The van der Waals surface area contributed by atoms with Gasteiger partial charge in [-0.3, -0.25) is 8.98 Å². The van der Waals surface area contributed by atoms with E-state index in [-0.39, 0.29) is 42.1 Å². The number of unbranched alkanes of at least 4 members (excludes halogenated alkanes) is 15. The quantitative estimate of drug-likeness (QED) is 0.0967. The molecule has 0 bridgehead atoms. The molecule has 28 heavy (non-hydrogen) atoms. The van der Waals surface area contributed by atoms with E-state index in [0.29, 0.717) is 13.0 Å². The molecule has 0 spiro atoms. The first-order valence-corrected chi connectivity index (χ1v) is 12.0. The Kier molecular flexibility index (Phi) is 24.0. The molecule has 0 rings (SSSR count).